The number of anilines is 1. The second-order valence-corrected chi connectivity index (χ2v) is 4.61. The van der Waals surface area contributed by atoms with Crippen LogP contribution in [0.25, 0.3) is 0 Å². The van der Waals surface area contributed by atoms with Crippen LogP contribution in [0.3, 0.4) is 0 Å². The molecule has 7 heteroatoms. The molecule has 1 heterocycles. The number of benzene rings is 1. The Bertz CT molecular complexity index is 788. The van der Waals surface area contributed by atoms with E-state index in [2.05, 4.69) is 15.4 Å². The van der Waals surface area contributed by atoms with Crippen molar-refractivity contribution < 1.29 is 18.7 Å². The van der Waals surface area contributed by atoms with Crippen molar-refractivity contribution in [2.24, 2.45) is 0 Å². The highest BCUT2D eigenvalue weighted by Gasteiger charge is 2.12. The first-order valence-corrected chi connectivity index (χ1v) is 7.00. The Labute approximate surface area is 138 Å². The fourth-order valence-electron chi connectivity index (χ4n) is 1.87. The van der Waals surface area contributed by atoms with Crippen molar-refractivity contribution in [2.45, 2.75) is 6.54 Å². The molecule has 2 N–H and O–H groups in total. The van der Waals surface area contributed by atoms with Gasteiger partial charge in [-0.3, -0.25) is 4.79 Å². The number of carbonyl (C=O) groups excluding carboxylic acids is 2. The van der Waals surface area contributed by atoms with E-state index in [-0.39, 0.29) is 12.1 Å². The minimum Gasteiger partial charge on any atom is -0.467 e. The first-order chi connectivity index (χ1) is 11.7. The number of methoxy groups -OCH3 is 1. The average molecular weight is 325 g/mol. The summed E-state index contributed by atoms with van der Waals surface area (Å²) in [5.74, 6) is -0.506. The number of rotatable bonds is 6. The van der Waals surface area contributed by atoms with Crippen molar-refractivity contribution in [2.75, 3.05) is 12.4 Å². The molecule has 0 saturated carbocycles. The Balaban J connectivity index is 2.07. The molecule has 1 amide bonds. The molecule has 0 radical (unpaired) electrons. The topological polar surface area (TPSA) is 104 Å². The van der Waals surface area contributed by atoms with Gasteiger partial charge in [-0.15, -0.1) is 0 Å². The maximum atomic E-state index is 12.0. The molecule has 2 rings (SSSR count). The quantitative estimate of drug-likeness (QED) is 0.479. The lowest BCUT2D eigenvalue weighted by Crippen LogP contribution is -2.24. The minimum absolute atomic E-state index is 0.138. The highest BCUT2D eigenvalue weighted by Crippen LogP contribution is 2.16. The molecule has 0 aliphatic carbocycles. The van der Waals surface area contributed by atoms with E-state index >= 15 is 0 Å². The van der Waals surface area contributed by atoms with Gasteiger partial charge in [-0.25, -0.2) is 4.79 Å². The van der Waals surface area contributed by atoms with Gasteiger partial charge in [-0.2, -0.15) is 5.26 Å². The molecular formula is C17H15N3O4. The number of esters is 1. The van der Waals surface area contributed by atoms with Gasteiger partial charge in [0.05, 0.1) is 31.2 Å². The zero-order valence-corrected chi connectivity index (χ0v) is 12.9. The number of hydrogen-bond acceptors (Lipinski definition) is 6. The minimum atomic E-state index is -0.558. The number of ether oxygens (including phenoxy) is 1. The standard InChI is InChI=1S/C17H15N3O4/c1-23-17(22)14-6-2-3-7-15(14)19-10-12(9-18)16(21)20-11-13-5-4-8-24-13/h2-8,10,19H,11H2,1H3,(H,20,21). The predicted molar refractivity (Wildman–Crippen MR) is 85.7 cm³/mol. The zero-order valence-electron chi connectivity index (χ0n) is 12.9. The molecule has 0 aliphatic heterocycles. The van der Waals surface area contributed by atoms with Gasteiger partial charge < -0.3 is 19.8 Å². The molecule has 0 spiro atoms. The second kappa shape index (κ2) is 8.19. The molecule has 0 aliphatic rings. The SMILES string of the molecule is COC(=O)c1ccccc1NC=C(C#N)C(=O)NCc1ccco1. The van der Waals surface area contributed by atoms with Crippen LogP contribution in [0.4, 0.5) is 5.69 Å². The van der Waals surface area contributed by atoms with Crippen LogP contribution in [0, 0.1) is 11.3 Å². The first kappa shape index (κ1) is 16.8. The Morgan fingerprint density at radius 1 is 1.29 bits per heavy atom. The summed E-state index contributed by atoms with van der Waals surface area (Å²) < 4.78 is 9.78. The molecular weight excluding hydrogens is 310 g/mol. The van der Waals surface area contributed by atoms with E-state index in [0.29, 0.717) is 17.0 Å². The highest BCUT2D eigenvalue weighted by atomic mass is 16.5. The van der Waals surface area contributed by atoms with E-state index in [1.54, 1.807) is 42.5 Å². The van der Waals surface area contributed by atoms with Crippen LogP contribution < -0.4 is 10.6 Å². The Hall–Kier alpha value is -3.53. The van der Waals surface area contributed by atoms with Gasteiger partial charge in [0.1, 0.15) is 17.4 Å². The third kappa shape index (κ3) is 4.24. The molecule has 122 valence electrons. The van der Waals surface area contributed by atoms with Crippen LogP contribution in [-0.2, 0) is 16.1 Å². The smallest absolute Gasteiger partial charge is 0.339 e. The van der Waals surface area contributed by atoms with Gasteiger partial charge in [0.15, 0.2) is 0 Å². The third-order valence-corrected chi connectivity index (χ3v) is 3.07. The van der Waals surface area contributed by atoms with Crippen LogP contribution in [-0.4, -0.2) is 19.0 Å². The molecule has 0 bridgehead atoms. The van der Waals surface area contributed by atoms with E-state index in [1.807, 2.05) is 0 Å². The van der Waals surface area contributed by atoms with E-state index in [1.165, 1.54) is 19.6 Å². The number of carbonyl (C=O) groups is 2. The average Bonchev–Trinajstić information content (AvgIpc) is 3.13. The van der Waals surface area contributed by atoms with E-state index in [0.717, 1.165) is 0 Å². The second-order valence-electron chi connectivity index (χ2n) is 4.61. The Morgan fingerprint density at radius 3 is 2.75 bits per heavy atom. The van der Waals surface area contributed by atoms with Gasteiger partial charge in [0.25, 0.3) is 5.91 Å². The van der Waals surface area contributed by atoms with Crippen molar-refractivity contribution in [3.63, 3.8) is 0 Å². The summed E-state index contributed by atoms with van der Waals surface area (Å²) in [5.41, 5.74) is 0.585. The Morgan fingerprint density at radius 2 is 2.08 bits per heavy atom. The number of amides is 1. The van der Waals surface area contributed by atoms with Crippen LogP contribution in [0.15, 0.2) is 58.9 Å². The summed E-state index contributed by atoms with van der Waals surface area (Å²) in [4.78, 5) is 23.7. The molecule has 0 saturated heterocycles. The lowest BCUT2D eigenvalue weighted by molar-refractivity contribution is -0.117. The molecule has 0 unspecified atom stereocenters. The number of nitrogens with zero attached hydrogens (tertiary/aromatic N) is 1. The normalized spacial score (nSPS) is 10.6. The molecule has 1 aromatic carbocycles. The molecule has 1 aromatic heterocycles. The fourth-order valence-corrected chi connectivity index (χ4v) is 1.87. The molecule has 0 atom stereocenters. The fraction of sp³-hybridized carbons (Fsp3) is 0.118. The predicted octanol–water partition coefficient (Wildman–Crippen LogP) is 2.20. The Kier molecular flexibility index (Phi) is 5.75. The van der Waals surface area contributed by atoms with Crippen LogP contribution >= 0.6 is 0 Å². The number of nitriles is 1. The maximum Gasteiger partial charge on any atom is 0.339 e. The van der Waals surface area contributed by atoms with E-state index in [9.17, 15) is 9.59 Å². The monoisotopic (exact) mass is 325 g/mol. The molecule has 2 aromatic rings. The number of hydrogen-bond donors (Lipinski definition) is 2. The lowest BCUT2D eigenvalue weighted by Gasteiger charge is -2.08. The van der Waals surface area contributed by atoms with Crippen molar-refractivity contribution >= 4 is 17.6 Å². The van der Waals surface area contributed by atoms with Crippen molar-refractivity contribution in [1.29, 1.82) is 5.26 Å². The van der Waals surface area contributed by atoms with Crippen molar-refractivity contribution in [3.8, 4) is 6.07 Å². The summed E-state index contributed by atoms with van der Waals surface area (Å²) in [6, 6.07) is 11.8. The van der Waals surface area contributed by atoms with Crippen LogP contribution in [0.5, 0.6) is 0 Å². The number of para-hydroxylation sites is 1. The molecule has 24 heavy (non-hydrogen) atoms. The van der Waals surface area contributed by atoms with Gasteiger partial charge in [0.2, 0.25) is 0 Å². The first-order valence-electron chi connectivity index (χ1n) is 7.00. The van der Waals surface area contributed by atoms with Gasteiger partial charge >= 0.3 is 5.97 Å². The van der Waals surface area contributed by atoms with Gasteiger partial charge in [-0.05, 0) is 24.3 Å². The van der Waals surface area contributed by atoms with E-state index in [4.69, 9.17) is 9.68 Å². The third-order valence-electron chi connectivity index (χ3n) is 3.07. The summed E-state index contributed by atoms with van der Waals surface area (Å²) in [5, 5.41) is 14.5. The maximum absolute atomic E-state index is 12.0. The highest BCUT2D eigenvalue weighted by molar-refractivity contribution is 5.98. The zero-order chi connectivity index (χ0) is 17.4. The summed E-state index contributed by atoms with van der Waals surface area (Å²) in [6.07, 6.45) is 2.73. The molecule has 0 fully saturated rings. The van der Waals surface area contributed by atoms with Crippen molar-refractivity contribution in [1.82, 2.24) is 5.32 Å². The van der Waals surface area contributed by atoms with Gasteiger partial charge in [-0.1, -0.05) is 12.1 Å². The van der Waals surface area contributed by atoms with E-state index < -0.39 is 11.9 Å². The van der Waals surface area contributed by atoms with Crippen LogP contribution in [0.1, 0.15) is 16.1 Å². The van der Waals surface area contributed by atoms with Crippen LogP contribution in [0.2, 0.25) is 0 Å². The lowest BCUT2D eigenvalue weighted by atomic mass is 10.2. The van der Waals surface area contributed by atoms with Gasteiger partial charge in [0, 0.05) is 6.20 Å². The molecule has 7 nitrogen and oxygen atoms in total. The van der Waals surface area contributed by atoms with Crippen molar-refractivity contribution in [3.05, 3.63) is 65.8 Å². The summed E-state index contributed by atoms with van der Waals surface area (Å²) in [6.45, 7) is 0.170. The number of nitrogens with one attached hydrogen (secondary N) is 2. The largest absolute Gasteiger partial charge is 0.467 e. The summed E-state index contributed by atoms with van der Waals surface area (Å²) in [7, 11) is 1.28. The number of furan rings is 1. The summed E-state index contributed by atoms with van der Waals surface area (Å²) >= 11 is 0.